The Morgan fingerprint density at radius 2 is 1.80 bits per heavy atom. The maximum absolute atomic E-state index is 12.4. The Hall–Kier alpha value is -2.18. The van der Waals surface area contributed by atoms with Crippen LogP contribution in [0.1, 0.15) is 36.2 Å². The lowest BCUT2D eigenvalue weighted by molar-refractivity contribution is 0.0939. The zero-order chi connectivity index (χ0) is 18.3. The Bertz CT molecular complexity index is 804. The van der Waals surface area contributed by atoms with E-state index in [0.29, 0.717) is 18.5 Å². The summed E-state index contributed by atoms with van der Waals surface area (Å²) in [6.45, 7) is 4.18. The maximum atomic E-state index is 12.4. The zero-order valence-corrected chi connectivity index (χ0v) is 15.3. The van der Waals surface area contributed by atoms with Gasteiger partial charge in [-0.25, -0.2) is 13.1 Å². The summed E-state index contributed by atoms with van der Waals surface area (Å²) in [6.07, 6.45) is 1.42. The first kappa shape index (κ1) is 19.1. The summed E-state index contributed by atoms with van der Waals surface area (Å²) < 4.78 is 27.4. The number of sulfonamides is 1. The molecule has 5 nitrogen and oxygen atoms in total. The molecule has 2 rings (SSSR count). The molecule has 0 aliphatic rings. The number of benzene rings is 2. The van der Waals surface area contributed by atoms with Gasteiger partial charge < -0.3 is 5.32 Å². The Morgan fingerprint density at radius 3 is 2.48 bits per heavy atom. The fourth-order valence-electron chi connectivity index (χ4n) is 2.27. The second-order valence-electron chi connectivity index (χ2n) is 5.94. The molecule has 2 aromatic rings. The van der Waals surface area contributed by atoms with Gasteiger partial charge in [0, 0.05) is 18.2 Å². The first-order valence-electron chi connectivity index (χ1n) is 8.37. The minimum atomic E-state index is -3.65. The van der Waals surface area contributed by atoms with Crippen LogP contribution < -0.4 is 10.0 Å². The van der Waals surface area contributed by atoms with Gasteiger partial charge in [0.2, 0.25) is 10.0 Å². The molecular weight excluding hydrogens is 336 g/mol. The highest BCUT2D eigenvalue weighted by Crippen LogP contribution is 2.12. The van der Waals surface area contributed by atoms with Crippen molar-refractivity contribution in [3.05, 3.63) is 65.7 Å². The van der Waals surface area contributed by atoms with Gasteiger partial charge in [0.25, 0.3) is 5.91 Å². The van der Waals surface area contributed by atoms with E-state index in [0.717, 1.165) is 12.0 Å². The van der Waals surface area contributed by atoms with Gasteiger partial charge in [0.1, 0.15) is 0 Å². The molecule has 2 N–H and O–H groups in total. The van der Waals surface area contributed by atoms with E-state index in [2.05, 4.69) is 10.0 Å². The van der Waals surface area contributed by atoms with E-state index in [9.17, 15) is 13.2 Å². The molecule has 0 saturated heterocycles. The summed E-state index contributed by atoms with van der Waals surface area (Å²) in [5, 5.41) is 2.84. The van der Waals surface area contributed by atoms with Crippen LogP contribution >= 0.6 is 0 Å². The van der Waals surface area contributed by atoms with Crippen molar-refractivity contribution in [1.82, 2.24) is 10.0 Å². The van der Waals surface area contributed by atoms with Gasteiger partial charge in [-0.15, -0.1) is 0 Å². The summed E-state index contributed by atoms with van der Waals surface area (Å²) >= 11 is 0. The number of rotatable bonds is 8. The summed E-state index contributed by atoms with van der Waals surface area (Å²) in [5.41, 5.74) is 1.40. The van der Waals surface area contributed by atoms with Gasteiger partial charge in [-0.05, 0) is 43.5 Å². The van der Waals surface area contributed by atoms with Crippen LogP contribution in [0.25, 0.3) is 0 Å². The van der Waals surface area contributed by atoms with Crippen LogP contribution in [0, 0.1) is 0 Å². The number of carbonyl (C=O) groups is 1. The minimum absolute atomic E-state index is 0.0387. The fraction of sp³-hybridized carbons (Fsp3) is 0.316. The van der Waals surface area contributed by atoms with Crippen molar-refractivity contribution < 1.29 is 13.2 Å². The first-order chi connectivity index (χ1) is 11.9. The lowest BCUT2D eigenvalue weighted by Gasteiger charge is -2.12. The maximum Gasteiger partial charge on any atom is 0.251 e. The molecule has 0 heterocycles. The van der Waals surface area contributed by atoms with Gasteiger partial charge in [-0.2, -0.15) is 0 Å². The van der Waals surface area contributed by atoms with Crippen molar-refractivity contribution >= 4 is 15.9 Å². The molecule has 134 valence electrons. The highest BCUT2D eigenvalue weighted by atomic mass is 32.2. The van der Waals surface area contributed by atoms with E-state index in [4.69, 9.17) is 0 Å². The van der Waals surface area contributed by atoms with Crippen molar-refractivity contribution in [2.75, 3.05) is 6.54 Å². The zero-order valence-electron chi connectivity index (χ0n) is 14.5. The molecule has 1 atom stereocenters. The van der Waals surface area contributed by atoms with Gasteiger partial charge in [0.15, 0.2) is 0 Å². The molecule has 0 aliphatic heterocycles. The van der Waals surface area contributed by atoms with E-state index in [1.807, 2.05) is 44.2 Å². The average molecular weight is 360 g/mol. The predicted molar refractivity (Wildman–Crippen MR) is 99.0 cm³/mol. The van der Waals surface area contributed by atoms with Crippen LogP contribution in [0.5, 0.6) is 0 Å². The van der Waals surface area contributed by atoms with Crippen LogP contribution in [0.3, 0.4) is 0 Å². The molecule has 25 heavy (non-hydrogen) atoms. The van der Waals surface area contributed by atoms with E-state index in [1.54, 1.807) is 12.1 Å². The van der Waals surface area contributed by atoms with Gasteiger partial charge in [-0.3, -0.25) is 4.79 Å². The molecule has 1 amide bonds. The lowest BCUT2D eigenvalue weighted by atomic mass is 10.2. The smallest absolute Gasteiger partial charge is 0.251 e. The van der Waals surface area contributed by atoms with Crippen LogP contribution in [0.15, 0.2) is 59.5 Å². The number of hydrogen-bond acceptors (Lipinski definition) is 3. The Balaban J connectivity index is 2.03. The Labute approximate surface area is 149 Å². The van der Waals surface area contributed by atoms with Crippen molar-refractivity contribution in [2.45, 2.75) is 37.6 Å². The van der Waals surface area contributed by atoms with Crippen molar-refractivity contribution in [3.63, 3.8) is 0 Å². The van der Waals surface area contributed by atoms with E-state index in [1.165, 1.54) is 12.1 Å². The van der Waals surface area contributed by atoms with E-state index < -0.39 is 10.0 Å². The molecule has 2 aromatic carbocycles. The molecule has 1 unspecified atom stereocenters. The number of amides is 1. The average Bonchev–Trinajstić information content (AvgIpc) is 2.62. The largest absolute Gasteiger partial charge is 0.350 e. The highest BCUT2D eigenvalue weighted by Gasteiger charge is 2.16. The van der Waals surface area contributed by atoms with E-state index in [-0.39, 0.29) is 16.8 Å². The number of hydrogen-bond donors (Lipinski definition) is 2. The SMILES string of the molecule is CCC(C)NC(=O)c1cccc(S(=O)(=O)NCCc2ccccc2)c1. The molecule has 6 heteroatoms. The fourth-order valence-corrected chi connectivity index (χ4v) is 3.35. The van der Waals surface area contributed by atoms with Crippen LogP contribution in [0.4, 0.5) is 0 Å². The third-order valence-corrected chi connectivity index (χ3v) is 5.40. The van der Waals surface area contributed by atoms with Crippen LogP contribution in [-0.2, 0) is 16.4 Å². The number of carbonyl (C=O) groups excluding carboxylic acids is 1. The standard InChI is InChI=1S/C19H24N2O3S/c1-3-15(2)21-19(22)17-10-7-11-18(14-17)25(23,24)20-13-12-16-8-5-4-6-9-16/h4-11,14-15,20H,3,12-13H2,1-2H3,(H,21,22). The van der Waals surface area contributed by atoms with Crippen LogP contribution in [0.2, 0.25) is 0 Å². The van der Waals surface area contributed by atoms with Gasteiger partial charge in [0.05, 0.1) is 4.90 Å². The van der Waals surface area contributed by atoms with Crippen molar-refractivity contribution in [3.8, 4) is 0 Å². The molecular formula is C19H24N2O3S. The normalized spacial score (nSPS) is 12.6. The van der Waals surface area contributed by atoms with Crippen molar-refractivity contribution in [2.24, 2.45) is 0 Å². The monoisotopic (exact) mass is 360 g/mol. The second kappa shape index (κ2) is 8.78. The third kappa shape index (κ3) is 5.69. The van der Waals surface area contributed by atoms with Gasteiger partial charge in [-0.1, -0.05) is 43.3 Å². The summed E-state index contributed by atoms with van der Waals surface area (Å²) in [6, 6.07) is 15.8. The highest BCUT2D eigenvalue weighted by molar-refractivity contribution is 7.89. The molecule has 0 aliphatic carbocycles. The summed E-state index contributed by atoms with van der Waals surface area (Å²) in [7, 11) is -3.65. The molecule has 0 spiro atoms. The number of nitrogens with one attached hydrogen (secondary N) is 2. The second-order valence-corrected chi connectivity index (χ2v) is 7.71. The summed E-state index contributed by atoms with van der Waals surface area (Å²) in [5.74, 6) is -0.268. The van der Waals surface area contributed by atoms with Crippen molar-refractivity contribution in [1.29, 1.82) is 0 Å². The van der Waals surface area contributed by atoms with Crippen LogP contribution in [-0.4, -0.2) is 26.9 Å². The lowest BCUT2D eigenvalue weighted by Crippen LogP contribution is -2.32. The Kier molecular flexibility index (Phi) is 6.73. The Morgan fingerprint density at radius 1 is 1.08 bits per heavy atom. The topological polar surface area (TPSA) is 75.3 Å². The van der Waals surface area contributed by atoms with Gasteiger partial charge >= 0.3 is 0 Å². The van der Waals surface area contributed by atoms with E-state index >= 15 is 0 Å². The first-order valence-corrected chi connectivity index (χ1v) is 9.85. The quantitative estimate of drug-likeness (QED) is 0.760. The summed E-state index contributed by atoms with van der Waals surface area (Å²) in [4.78, 5) is 12.3. The minimum Gasteiger partial charge on any atom is -0.350 e. The molecule has 0 saturated carbocycles. The molecule has 0 bridgehead atoms. The third-order valence-electron chi connectivity index (χ3n) is 3.94. The predicted octanol–water partition coefficient (Wildman–Crippen LogP) is 2.74. The molecule has 0 fully saturated rings. The molecule has 0 aromatic heterocycles. The molecule has 0 radical (unpaired) electrons.